The van der Waals surface area contributed by atoms with Crippen LogP contribution in [0.4, 0.5) is 4.39 Å². The molecule has 1 aliphatic heterocycles. The average Bonchev–Trinajstić information content (AvgIpc) is 3.08. The van der Waals surface area contributed by atoms with E-state index in [1.807, 2.05) is 0 Å². The first kappa shape index (κ1) is 17.7. The van der Waals surface area contributed by atoms with Crippen molar-refractivity contribution >= 4 is 0 Å². The first-order chi connectivity index (χ1) is 12.4. The fourth-order valence-electron chi connectivity index (χ4n) is 7.82. The predicted molar refractivity (Wildman–Crippen MR) is 100 cm³/mol. The van der Waals surface area contributed by atoms with Crippen LogP contribution in [0.2, 0.25) is 0 Å². The van der Waals surface area contributed by atoms with E-state index in [0.717, 1.165) is 51.2 Å². The normalized spacial score (nSPS) is 52.8. The Morgan fingerprint density at radius 2 is 1.77 bits per heavy atom. The molecule has 0 aromatic rings. The summed E-state index contributed by atoms with van der Waals surface area (Å²) in [7, 11) is 0. The van der Waals surface area contributed by atoms with Gasteiger partial charge in [0.2, 0.25) is 0 Å². The van der Waals surface area contributed by atoms with Crippen LogP contribution >= 0.6 is 0 Å². The third kappa shape index (κ3) is 2.28. The molecule has 146 valence electrons. The molecule has 1 heterocycles. The highest BCUT2D eigenvalue weighted by Crippen LogP contribution is 2.65. The van der Waals surface area contributed by atoms with E-state index in [1.165, 1.54) is 19.3 Å². The minimum Gasteiger partial charge on any atom is -0.347 e. The van der Waals surface area contributed by atoms with E-state index in [1.54, 1.807) is 5.57 Å². The van der Waals surface area contributed by atoms with Crippen LogP contribution < -0.4 is 0 Å². The molecule has 0 amide bonds. The van der Waals surface area contributed by atoms with Crippen molar-refractivity contribution in [2.75, 3.05) is 13.2 Å². The van der Waals surface area contributed by atoms with E-state index in [4.69, 9.17) is 9.47 Å². The van der Waals surface area contributed by atoms with Crippen LogP contribution in [0.25, 0.3) is 0 Å². The fraction of sp³-hybridized carbons (Fsp3) is 0.913. The molecule has 0 bridgehead atoms. The minimum absolute atomic E-state index is 0.0892. The van der Waals surface area contributed by atoms with Crippen molar-refractivity contribution in [3.63, 3.8) is 0 Å². The van der Waals surface area contributed by atoms with Crippen LogP contribution in [-0.2, 0) is 9.47 Å². The molecule has 0 radical (unpaired) electrons. The highest BCUT2D eigenvalue weighted by molar-refractivity contribution is 5.26. The van der Waals surface area contributed by atoms with Crippen LogP contribution in [0, 0.1) is 34.5 Å². The van der Waals surface area contributed by atoms with Crippen LogP contribution in [0.3, 0.4) is 0 Å². The minimum atomic E-state index is -0.615. The van der Waals surface area contributed by atoms with Gasteiger partial charge in [-0.1, -0.05) is 32.4 Å². The molecule has 7 unspecified atom stereocenters. The van der Waals surface area contributed by atoms with Crippen molar-refractivity contribution in [3.05, 3.63) is 11.6 Å². The van der Waals surface area contributed by atoms with Gasteiger partial charge in [-0.15, -0.1) is 0 Å². The summed E-state index contributed by atoms with van der Waals surface area (Å²) in [5.41, 5.74) is 1.77. The molecular formula is C23H35FO2. The quantitative estimate of drug-likeness (QED) is 0.517. The van der Waals surface area contributed by atoms with Crippen LogP contribution in [-0.4, -0.2) is 25.2 Å². The van der Waals surface area contributed by atoms with Crippen molar-refractivity contribution in [3.8, 4) is 0 Å². The molecule has 1 saturated heterocycles. The number of ether oxygens (including phenoxy) is 2. The van der Waals surface area contributed by atoms with Crippen molar-refractivity contribution in [2.45, 2.75) is 84.1 Å². The summed E-state index contributed by atoms with van der Waals surface area (Å²) in [5, 5.41) is 0. The zero-order valence-corrected chi connectivity index (χ0v) is 16.7. The Labute approximate surface area is 157 Å². The van der Waals surface area contributed by atoms with Crippen molar-refractivity contribution in [2.24, 2.45) is 34.5 Å². The maximum absolute atomic E-state index is 15.2. The zero-order chi connectivity index (χ0) is 18.2. The lowest BCUT2D eigenvalue weighted by atomic mass is 9.44. The molecule has 0 N–H and O–H groups in total. The fourth-order valence-corrected chi connectivity index (χ4v) is 7.82. The third-order valence-electron chi connectivity index (χ3n) is 9.42. The van der Waals surface area contributed by atoms with Gasteiger partial charge in [-0.25, -0.2) is 4.39 Å². The lowest BCUT2D eigenvalue weighted by Gasteiger charge is -2.61. The first-order valence-corrected chi connectivity index (χ1v) is 11.0. The number of hydrogen-bond donors (Lipinski definition) is 0. The molecule has 5 rings (SSSR count). The van der Waals surface area contributed by atoms with Gasteiger partial charge in [0.15, 0.2) is 5.79 Å². The second kappa shape index (κ2) is 5.80. The zero-order valence-electron chi connectivity index (χ0n) is 16.7. The van der Waals surface area contributed by atoms with Gasteiger partial charge in [0.25, 0.3) is 0 Å². The number of hydrogen-bond acceptors (Lipinski definition) is 2. The van der Waals surface area contributed by atoms with Gasteiger partial charge in [-0.05, 0) is 67.6 Å². The molecule has 4 aliphatic carbocycles. The highest BCUT2D eigenvalue weighted by Gasteiger charge is 2.60. The Bertz CT molecular complexity index is 609. The van der Waals surface area contributed by atoms with E-state index in [-0.39, 0.29) is 22.5 Å². The molecule has 7 atom stereocenters. The second-order valence-electron chi connectivity index (χ2n) is 10.5. The largest absolute Gasteiger partial charge is 0.347 e. The Hall–Kier alpha value is -0.410. The summed E-state index contributed by atoms with van der Waals surface area (Å²) in [4.78, 5) is 0. The Morgan fingerprint density at radius 1 is 1.00 bits per heavy atom. The summed E-state index contributed by atoms with van der Waals surface area (Å²) in [6.45, 7) is 8.38. The summed E-state index contributed by atoms with van der Waals surface area (Å²) in [6.07, 6.45) is 10.8. The van der Waals surface area contributed by atoms with Gasteiger partial charge in [0.1, 0.15) is 6.17 Å². The molecular weight excluding hydrogens is 327 g/mol. The molecule has 5 aliphatic rings. The van der Waals surface area contributed by atoms with Crippen LogP contribution in [0.15, 0.2) is 11.6 Å². The third-order valence-corrected chi connectivity index (χ3v) is 9.42. The smallest absolute Gasteiger partial charge is 0.172 e. The monoisotopic (exact) mass is 362 g/mol. The van der Waals surface area contributed by atoms with Gasteiger partial charge in [0, 0.05) is 18.3 Å². The SMILES string of the molecule is CC1CCC2C3CC=C4CC5(CCC4(C)C3CCC2(C)C1F)OCCO5. The molecule has 4 fully saturated rings. The maximum Gasteiger partial charge on any atom is 0.172 e. The number of rotatable bonds is 0. The lowest BCUT2D eigenvalue weighted by Crippen LogP contribution is -2.56. The van der Waals surface area contributed by atoms with Crippen molar-refractivity contribution in [1.82, 2.24) is 0 Å². The average molecular weight is 363 g/mol. The summed E-state index contributed by atoms with van der Waals surface area (Å²) in [5.74, 6) is 1.87. The molecule has 3 saturated carbocycles. The standard InChI is InChI=1S/C23H35FO2/c1-15-4-7-18-17-6-5-16-14-23(25-12-13-26-23)11-10-21(16,2)19(17)8-9-22(18,3)20(15)24/h5,15,17-20H,4,6-14H2,1-3H3. The summed E-state index contributed by atoms with van der Waals surface area (Å²) in [6, 6.07) is 0. The number of fused-ring (bicyclic) bond motifs is 5. The van der Waals surface area contributed by atoms with Gasteiger partial charge < -0.3 is 9.47 Å². The van der Waals surface area contributed by atoms with E-state index in [9.17, 15) is 0 Å². The van der Waals surface area contributed by atoms with E-state index < -0.39 is 6.17 Å². The Kier molecular flexibility index (Phi) is 3.94. The Balaban J connectivity index is 1.45. The van der Waals surface area contributed by atoms with Crippen molar-refractivity contribution < 1.29 is 13.9 Å². The highest BCUT2D eigenvalue weighted by atomic mass is 19.1. The van der Waals surface area contributed by atoms with Gasteiger partial charge in [-0.3, -0.25) is 0 Å². The predicted octanol–water partition coefficient (Wildman–Crippen LogP) is 5.67. The topological polar surface area (TPSA) is 18.5 Å². The Morgan fingerprint density at radius 3 is 2.54 bits per heavy atom. The summed E-state index contributed by atoms with van der Waals surface area (Å²) >= 11 is 0. The number of allylic oxidation sites excluding steroid dienone is 1. The summed E-state index contributed by atoms with van der Waals surface area (Å²) < 4.78 is 27.3. The number of alkyl halides is 1. The molecule has 0 aromatic heterocycles. The first-order valence-electron chi connectivity index (χ1n) is 11.0. The van der Waals surface area contributed by atoms with Gasteiger partial charge in [0.05, 0.1) is 13.2 Å². The van der Waals surface area contributed by atoms with E-state index >= 15 is 4.39 Å². The number of halogens is 1. The van der Waals surface area contributed by atoms with E-state index in [0.29, 0.717) is 11.8 Å². The lowest BCUT2D eigenvalue weighted by molar-refractivity contribution is -0.188. The van der Waals surface area contributed by atoms with Gasteiger partial charge >= 0.3 is 0 Å². The van der Waals surface area contributed by atoms with Crippen LogP contribution in [0.5, 0.6) is 0 Å². The maximum atomic E-state index is 15.2. The van der Waals surface area contributed by atoms with Gasteiger partial charge in [-0.2, -0.15) is 0 Å². The second-order valence-corrected chi connectivity index (χ2v) is 10.5. The van der Waals surface area contributed by atoms with Crippen molar-refractivity contribution in [1.29, 1.82) is 0 Å². The van der Waals surface area contributed by atoms with Crippen LogP contribution in [0.1, 0.15) is 72.1 Å². The molecule has 26 heavy (non-hydrogen) atoms. The molecule has 0 aromatic carbocycles. The molecule has 1 spiro atoms. The van der Waals surface area contributed by atoms with E-state index in [2.05, 4.69) is 26.8 Å². The molecule has 3 heteroatoms. The molecule has 2 nitrogen and oxygen atoms in total.